The van der Waals surface area contributed by atoms with Gasteiger partial charge in [-0.05, 0) is 55.2 Å². The summed E-state index contributed by atoms with van der Waals surface area (Å²) in [4.78, 5) is 14.5. The number of rotatable bonds is 6. The van der Waals surface area contributed by atoms with Gasteiger partial charge in [-0.1, -0.05) is 17.7 Å². The fourth-order valence-corrected chi connectivity index (χ4v) is 3.46. The first-order valence-corrected chi connectivity index (χ1v) is 9.23. The maximum Gasteiger partial charge on any atom is 0.226 e. The van der Waals surface area contributed by atoms with Crippen molar-refractivity contribution in [2.75, 3.05) is 27.4 Å². The molecule has 27 heavy (non-hydrogen) atoms. The molecule has 0 atom stereocenters. The molecule has 0 radical (unpaired) electrons. The van der Waals surface area contributed by atoms with Crippen LogP contribution in [0.1, 0.15) is 28.7 Å². The number of hydrogen-bond acceptors (Lipinski definition) is 4. The van der Waals surface area contributed by atoms with Crippen LogP contribution in [0.5, 0.6) is 17.2 Å². The number of carbonyl (C=O) groups is 1. The Morgan fingerprint density at radius 2 is 1.70 bits per heavy atom. The van der Waals surface area contributed by atoms with Crippen molar-refractivity contribution in [1.82, 2.24) is 4.90 Å². The number of fused-ring (bicyclic) bond motifs is 1. The van der Waals surface area contributed by atoms with Gasteiger partial charge in [0.15, 0.2) is 11.5 Å². The number of methoxy groups -OCH3 is 2. The summed E-state index contributed by atoms with van der Waals surface area (Å²) in [6.07, 6.45) is 1.19. The van der Waals surface area contributed by atoms with E-state index in [1.807, 2.05) is 36.1 Å². The Kier molecular flexibility index (Phi) is 5.89. The molecule has 2 aromatic carbocycles. The zero-order chi connectivity index (χ0) is 19.4. The zero-order valence-electron chi connectivity index (χ0n) is 16.5. The largest absolute Gasteiger partial charge is 0.493 e. The van der Waals surface area contributed by atoms with Crippen molar-refractivity contribution < 1.29 is 19.0 Å². The van der Waals surface area contributed by atoms with E-state index in [0.717, 1.165) is 29.0 Å². The van der Waals surface area contributed by atoms with Crippen LogP contribution in [0.2, 0.25) is 0 Å². The van der Waals surface area contributed by atoms with Crippen molar-refractivity contribution >= 4 is 5.91 Å². The Balaban J connectivity index is 1.59. The van der Waals surface area contributed by atoms with Gasteiger partial charge in [0.05, 0.1) is 27.2 Å². The third-order valence-electron chi connectivity index (χ3n) is 4.97. The van der Waals surface area contributed by atoms with E-state index in [-0.39, 0.29) is 5.91 Å². The monoisotopic (exact) mass is 369 g/mol. The zero-order valence-corrected chi connectivity index (χ0v) is 16.5. The molecule has 1 aliphatic rings. The smallest absolute Gasteiger partial charge is 0.226 e. The first-order chi connectivity index (χ1) is 13.0. The molecule has 1 amide bonds. The SMILES string of the molecule is COc1cc2c(cc1OC)CN(C(=O)CCOc1ccc(C)cc1C)CC2. The van der Waals surface area contributed by atoms with Crippen molar-refractivity contribution in [1.29, 1.82) is 0 Å². The van der Waals surface area contributed by atoms with Crippen molar-refractivity contribution in [2.45, 2.75) is 33.2 Å². The molecular formula is C22H27NO4. The summed E-state index contributed by atoms with van der Waals surface area (Å²) in [6.45, 7) is 5.77. The molecular weight excluding hydrogens is 342 g/mol. The van der Waals surface area contributed by atoms with Crippen LogP contribution in [0.3, 0.4) is 0 Å². The standard InChI is InChI=1S/C22H27NO4/c1-15-5-6-19(16(2)11-15)27-10-8-22(24)23-9-7-17-12-20(25-3)21(26-4)13-18(17)14-23/h5-6,11-13H,7-10,14H2,1-4H3. The molecule has 1 aliphatic heterocycles. The molecule has 5 heteroatoms. The predicted molar refractivity (Wildman–Crippen MR) is 105 cm³/mol. The van der Waals surface area contributed by atoms with Crippen molar-refractivity contribution in [3.63, 3.8) is 0 Å². The highest BCUT2D eigenvalue weighted by molar-refractivity contribution is 5.76. The molecule has 3 rings (SSSR count). The summed E-state index contributed by atoms with van der Waals surface area (Å²) < 4.78 is 16.6. The second-order valence-corrected chi connectivity index (χ2v) is 6.91. The van der Waals surface area contributed by atoms with Crippen LogP contribution in [0.25, 0.3) is 0 Å². The van der Waals surface area contributed by atoms with Gasteiger partial charge in [0.1, 0.15) is 5.75 Å². The third-order valence-corrected chi connectivity index (χ3v) is 4.97. The Bertz CT molecular complexity index is 831. The van der Waals surface area contributed by atoms with Gasteiger partial charge in [0.2, 0.25) is 5.91 Å². The van der Waals surface area contributed by atoms with Gasteiger partial charge in [-0.15, -0.1) is 0 Å². The van der Waals surface area contributed by atoms with E-state index in [0.29, 0.717) is 31.9 Å². The summed E-state index contributed by atoms with van der Waals surface area (Å²) in [7, 11) is 3.26. The fourth-order valence-electron chi connectivity index (χ4n) is 3.46. The first-order valence-electron chi connectivity index (χ1n) is 9.23. The van der Waals surface area contributed by atoms with Gasteiger partial charge < -0.3 is 19.1 Å². The highest BCUT2D eigenvalue weighted by Crippen LogP contribution is 2.33. The summed E-state index contributed by atoms with van der Waals surface area (Å²) in [5.41, 5.74) is 4.62. The molecule has 1 heterocycles. The van der Waals surface area contributed by atoms with Crippen molar-refractivity contribution in [3.8, 4) is 17.2 Å². The van der Waals surface area contributed by atoms with E-state index < -0.39 is 0 Å². The van der Waals surface area contributed by atoms with Gasteiger partial charge in [0.25, 0.3) is 0 Å². The van der Waals surface area contributed by atoms with E-state index in [9.17, 15) is 4.79 Å². The van der Waals surface area contributed by atoms with Crippen LogP contribution in [0, 0.1) is 13.8 Å². The van der Waals surface area contributed by atoms with Crippen LogP contribution in [0.4, 0.5) is 0 Å². The summed E-state index contributed by atoms with van der Waals surface area (Å²) >= 11 is 0. The molecule has 0 fully saturated rings. The molecule has 5 nitrogen and oxygen atoms in total. The molecule has 2 aromatic rings. The number of aryl methyl sites for hydroxylation is 2. The van der Waals surface area contributed by atoms with E-state index >= 15 is 0 Å². The Morgan fingerprint density at radius 1 is 1.00 bits per heavy atom. The summed E-state index contributed by atoms with van der Waals surface area (Å²) in [6, 6.07) is 10.1. The minimum atomic E-state index is 0.111. The number of carbonyl (C=O) groups excluding carboxylic acids is 1. The van der Waals surface area contributed by atoms with E-state index in [1.54, 1.807) is 14.2 Å². The Hall–Kier alpha value is -2.69. The molecule has 144 valence electrons. The molecule has 0 spiro atoms. The van der Waals surface area contributed by atoms with Gasteiger partial charge in [-0.25, -0.2) is 0 Å². The highest BCUT2D eigenvalue weighted by Gasteiger charge is 2.22. The quantitative estimate of drug-likeness (QED) is 0.779. The molecule has 0 aromatic heterocycles. The fraction of sp³-hybridized carbons (Fsp3) is 0.409. The second kappa shape index (κ2) is 8.33. The third kappa shape index (κ3) is 4.35. The minimum Gasteiger partial charge on any atom is -0.493 e. The average molecular weight is 369 g/mol. The molecule has 0 bridgehead atoms. The molecule has 0 saturated carbocycles. The number of amides is 1. The lowest BCUT2D eigenvalue weighted by molar-refractivity contribution is -0.132. The number of ether oxygens (including phenoxy) is 3. The second-order valence-electron chi connectivity index (χ2n) is 6.91. The van der Waals surface area contributed by atoms with Crippen molar-refractivity contribution in [3.05, 3.63) is 52.6 Å². The average Bonchev–Trinajstić information content (AvgIpc) is 2.67. The summed E-state index contributed by atoms with van der Waals surface area (Å²) in [5, 5.41) is 0. The van der Waals surface area contributed by atoms with Gasteiger partial charge in [0, 0.05) is 13.1 Å². The van der Waals surface area contributed by atoms with Gasteiger partial charge >= 0.3 is 0 Å². The predicted octanol–water partition coefficient (Wildman–Crippen LogP) is 3.67. The van der Waals surface area contributed by atoms with Crippen LogP contribution < -0.4 is 14.2 Å². The number of nitrogens with zero attached hydrogens (tertiary/aromatic N) is 1. The van der Waals surface area contributed by atoms with Crippen molar-refractivity contribution in [2.24, 2.45) is 0 Å². The highest BCUT2D eigenvalue weighted by atomic mass is 16.5. The van der Waals surface area contributed by atoms with E-state index in [2.05, 4.69) is 13.0 Å². The van der Waals surface area contributed by atoms with Crippen LogP contribution in [-0.4, -0.2) is 38.2 Å². The molecule has 0 N–H and O–H groups in total. The van der Waals surface area contributed by atoms with Crippen LogP contribution >= 0.6 is 0 Å². The van der Waals surface area contributed by atoms with Crippen LogP contribution in [0.15, 0.2) is 30.3 Å². The topological polar surface area (TPSA) is 48.0 Å². The first kappa shape index (κ1) is 19.1. The molecule has 0 unspecified atom stereocenters. The van der Waals surface area contributed by atoms with E-state index in [1.165, 1.54) is 11.1 Å². The Labute approximate surface area is 160 Å². The lowest BCUT2D eigenvalue weighted by Gasteiger charge is -2.29. The molecule has 0 saturated heterocycles. The van der Waals surface area contributed by atoms with Gasteiger partial charge in [-0.2, -0.15) is 0 Å². The van der Waals surface area contributed by atoms with E-state index in [4.69, 9.17) is 14.2 Å². The maximum absolute atomic E-state index is 12.6. The van der Waals surface area contributed by atoms with Gasteiger partial charge in [-0.3, -0.25) is 4.79 Å². The summed E-state index contributed by atoms with van der Waals surface area (Å²) in [5.74, 6) is 2.39. The maximum atomic E-state index is 12.6. The minimum absolute atomic E-state index is 0.111. The Morgan fingerprint density at radius 3 is 2.37 bits per heavy atom. The molecule has 0 aliphatic carbocycles. The normalized spacial score (nSPS) is 13.1. The number of hydrogen-bond donors (Lipinski definition) is 0. The lowest BCUT2D eigenvalue weighted by Crippen LogP contribution is -2.36. The number of benzene rings is 2. The lowest BCUT2D eigenvalue weighted by atomic mass is 9.98. The van der Waals surface area contributed by atoms with Crippen LogP contribution in [-0.2, 0) is 17.8 Å².